The van der Waals surface area contributed by atoms with Crippen molar-refractivity contribution in [3.63, 3.8) is 0 Å². The fourth-order valence-electron chi connectivity index (χ4n) is 2.38. The first-order valence-corrected chi connectivity index (χ1v) is 8.77. The number of nitrogens with one attached hydrogen (secondary N) is 1. The molecule has 0 radical (unpaired) electrons. The summed E-state index contributed by atoms with van der Waals surface area (Å²) in [6.07, 6.45) is 1.83. The van der Waals surface area contributed by atoms with Crippen molar-refractivity contribution in [2.24, 2.45) is 5.92 Å². The number of amides is 1. The standard InChI is InChI=1S/C17H29N3O5/c1-10(2)13(18-16(22)25-17(3,4)5)14(21)15-20-19-12(24-15)9-23-11-7-6-8-11/h10-11,13-14,21H,6-9H2,1-5H3,(H,18,22). The maximum absolute atomic E-state index is 12.0. The van der Waals surface area contributed by atoms with Gasteiger partial charge in [-0.15, -0.1) is 10.2 Å². The van der Waals surface area contributed by atoms with Crippen molar-refractivity contribution in [1.82, 2.24) is 15.5 Å². The van der Waals surface area contributed by atoms with Crippen LogP contribution in [-0.4, -0.2) is 39.1 Å². The van der Waals surface area contributed by atoms with Crippen molar-refractivity contribution in [3.05, 3.63) is 11.8 Å². The van der Waals surface area contributed by atoms with Gasteiger partial charge in [-0.1, -0.05) is 13.8 Å². The summed E-state index contributed by atoms with van der Waals surface area (Å²) in [6.45, 7) is 9.32. The molecule has 2 unspecified atom stereocenters. The smallest absolute Gasteiger partial charge is 0.407 e. The molecule has 2 N–H and O–H groups in total. The van der Waals surface area contributed by atoms with E-state index in [1.54, 1.807) is 20.8 Å². The van der Waals surface area contributed by atoms with E-state index in [0.717, 1.165) is 12.8 Å². The van der Waals surface area contributed by atoms with Crippen molar-refractivity contribution in [2.75, 3.05) is 0 Å². The normalized spacial score (nSPS) is 17.9. The third-order valence-corrected chi connectivity index (χ3v) is 3.97. The van der Waals surface area contributed by atoms with Crippen LogP contribution in [0.4, 0.5) is 4.79 Å². The Bertz CT molecular complexity index is 563. The second-order valence-corrected chi connectivity index (χ2v) is 7.76. The van der Waals surface area contributed by atoms with E-state index in [0.29, 0.717) is 5.89 Å². The number of aliphatic hydroxyl groups excluding tert-OH is 1. The van der Waals surface area contributed by atoms with E-state index < -0.39 is 23.8 Å². The van der Waals surface area contributed by atoms with Crippen LogP contribution in [0.1, 0.15) is 71.8 Å². The molecule has 1 saturated carbocycles. The molecule has 2 atom stereocenters. The Morgan fingerprint density at radius 3 is 2.56 bits per heavy atom. The minimum absolute atomic E-state index is 0.0574. The van der Waals surface area contributed by atoms with Crippen molar-refractivity contribution in [1.29, 1.82) is 0 Å². The molecule has 1 aliphatic carbocycles. The number of nitrogens with zero attached hydrogens (tertiary/aromatic N) is 2. The number of carbonyl (C=O) groups is 1. The highest BCUT2D eigenvalue weighted by atomic mass is 16.6. The molecular formula is C17H29N3O5. The molecule has 8 nitrogen and oxygen atoms in total. The fourth-order valence-corrected chi connectivity index (χ4v) is 2.38. The van der Waals surface area contributed by atoms with Gasteiger partial charge in [0.1, 0.15) is 12.2 Å². The summed E-state index contributed by atoms with van der Waals surface area (Å²) in [7, 11) is 0. The first-order chi connectivity index (χ1) is 11.7. The van der Waals surface area contributed by atoms with Crippen LogP contribution in [0.15, 0.2) is 4.42 Å². The molecule has 142 valence electrons. The number of aliphatic hydroxyl groups is 1. The van der Waals surface area contributed by atoms with Crippen LogP contribution in [0.2, 0.25) is 0 Å². The highest BCUT2D eigenvalue weighted by Crippen LogP contribution is 2.24. The first-order valence-electron chi connectivity index (χ1n) is 8.77. The van der Waals surface area contributed by atoms with Gasteiger partial charge in [0.25, 0.3) is 0 Å². The lowest BCUT2D eigenvalue weighted by molar-refractivity contribution is -0.0192. The van der Waals surface area contributed by atoms with Crippen molar-refractivity contribution < 1.29 is 23.8 Å². The van der Waals surface area contributed by atoms with Gasteiger partial charge >= 0.3 is 6.09 Å². The molecule has 2 rings (SSSR count). The molecule has 8 heteroatoms. The maximum Gasteiger partial charge on any atom is 0.407 e. The van der Waals surface area contributed by atoms with Gasteiger partial charge in [0.05, 0.1) is 12.1 Å². The average Bonchev–Trinajstić information content (AvgIpc) is 2.89. The molecule has 1 heterocycles. The van der Waals surface area contributed by atoms with Gasteiger partial charge in [-0.25, -0.2) is 4.79 Å². The SMILES string of the molecule is CC(C)C(NC(=O)OC(C)(C)C)C(O)c1nnc(COC2CCC2)o1. The largest absolute Gasteiger partial charge is 0.444 e. The van der Waals surface area contributed by atoms with Crippen LogP contribution in [0.25, 0.3) is 0 Å². The Labute approximate surface area is 148 Å². The lowest BCUT2D eigenvalue weighted by Gasteiger charge is -2.27. The van der Waals surface area contributed by atoms with E-state index in [1.807, 2.05) is 13.8 Å². The van der Waals surface area contributed by atoms with Crippen LogP contribution < -0.4 is 5.32 Å². The first kappa shape index (κ1) is 19.7. The summed E-state index contributed by atoms with van der Waals surface area (Å²) < 4.78 is 16.4. The lowest BCUT2D eigenvalue weighted by atomic mass is 9.96. The molecule has 0 spiro atoms. The number of alkyl carbamates (subject to hydrolysis) is 1. The molecule has 0 saturated heterocycles. The monoisotopic (exact) mass is 355 g/mol. The molecule has 1 aromatic rings. The van der Waals surface area contributed by atoms with E-state index >= 15 is 0 Å². The van der Waals surface area contributed by atoms with Crippen LogP contribution in [0.3, 0.4) is 0 Å². The lowest BCUT2D eigenvalue weighted by Crippen LogP contribution is -2.45. The van der Waals surface area contributed by atoms with Crippen molar-refractivity contribution in [3.8, 4) is 0 Å². The van der Waals surface area contributed by atoms with Gasteiger partial charge in [-0.2, -0.15) is 0 Å². The van der Waals surface area contributed by atoms with E-state index in [1.165, 1.54) is 6.42 Å². The van der Waals surface area contributed by atoms with Gasteiger partial charge < -0.3 is 24.3 Å². The van der Waals surface area contributed by atoms with E-state index in [-0.39, 0.29) is 24.5 Å². The summed E-state index contributed by atoms with van der Waals surface area (Å²) in [5.41, 5.74) is -0.618. The predicted molar refractivity (Wildman–Crippen MR) is 89.7 cm³/mol. The van der Waals surface area contributed by atoms with Crippen LogP contribution in [0.5, 0.6) is 0 Å². The molecule has 1 amide bonds. The van der Waals surface area contributed by atoms with E-state index in [9.17, 15) is 9.90 Å². The van der Waals surface area contributed by atoms with Crippen LogP contribution in [-0.2, 0) is 16.1 Å². The Kier molecular flexibility index (Phi) is 6.40. The Hall–Kier alpha value is -1.67. The Morgan fingerprint density at radius 2 is 2.04 bits per heavy atom. The molecule has 25 heavy (non-hydrogen) atoms. The Balaban J connectivity index is 1.95. The minimum atomic E-state index is -1.13. The van der Waals surface area contributed by atoms with E-state index in [4.69, 9.17) is 13.9 Å². The third kappa shape index (κ3) is 5.97. The Morgan fingerprint density at radius 1 is 1.36 bits per heavy atom. The summed E-state index contributed by atoms with van der Waals surface area (Å²) in [5, 5.41) is 21.0. The second kappa shape index (κ2) is 8.14. The summed E-state index contributed by atoms with van der Waals surface area (Å²) >= 11 is 0. The number of ether oxygens (including phenoxy) is 2. The summed E-state index contributed by atoms with van der Waals surface area (Å²) in [4.78, 5) is 12.0. The van der Waals surface area contributed by atoms with Crippen LogP contribution in [0, 0.1) is 5.92 Å². The number of carbonyl (C=O) groups excluding carboxylic acids is 1. The molecule has 0 bridgehead atoms. The topological polar surface area (TPSA) is 107 Å². The van der Waals surface area contributed by atoms with E-state index in [2.05, 4.69) is 15.5 Å². The van der Waals surface area contributed by atoms with Gasteiger partial charge in [-0.05, 0) is 46.0 Å². The predicted octanol–water partition coefficient (Wildman–Crippen LogP) is 2.72. The molecule has 1 aliphatic rings. The molecule has 1 aromatic heterocycles. The van der Waals surface area contributed by atoms with Gasteiger partial charge in [0.15, 0.2) is 6.10 Å². The summed E-state index contributed by atoms with van der Waals surface area (Å²) in [6, 6.07) is -0.615. The van der Waals surface area contributed by atoms with Crippen LogP contribution >= 0.6 is 0 Å². The maximum atomic E-state index is 12.0. The highest BCUT2D eigenvalue weighted by Gasteiger charge is 2.31. The number of rotatable bonds is 7. The summed E-state index contributed by atoms with van der Waals surface area (Å²) in [5.74, 6) is 0.312. The molecule has 0 aliphatic heterocycles. The number of hydrogen-bond donors (Lipinski definition) is 2. The fraction of sp³-hybridized carbons (Fsp3) is 0.824. The van der Waals surface area contributed by atoms with Crippen molar-refractivity contribution >= 4 is 6.09 Å². The highest BCUT2D eigenvalue weighted by molar-refractivity contribution is 5.68. The number of hydrogen-bond acceptors (Lipinski definition) is 7. The van der Waals surface area contributed by atoms with Gasteiger partial charge in [-0.3, -0.25) is 0 Å². The number of aromatic nitrogens is 2. The van der Waals surface area contributed by atoms with Crippen molar-refractivity contribution in [2.45, 2.75) is 84.3 Å². The molecule has 0 aromatic carbocycles. The molecule has 1 fully saturated rings. The zero-order chi connectivity index (χ0) is 18.6. The zero-order valence-corrected chi connectivity index (χ0v) is 15.6. The average molecular weight is 355 g/mol. The minimum Gasteiger partial charge on any atom is -0.444 e. The quantitative estimate of drug-likeness (QED) is 0.774. The molecular weight excluding hydrogens is 326 g/mol. The van der Waals surface area contributed by atoms with Gasteiger partial charge in [0.2, 0.25) is 11.8 Å². The van der Waals surface area contributed by atoms with Gasteiger partial charge in [0, 0.05) is 0 Å². The second-order valence-electron chi connectivity index (χ2n) is 7.76. The zero-order valence-electron chi connectivity index (χ0n) is 15.6. The third-order valence-electron chi connectivity index (χ3n) is 3.97.